The van der Waals surface area contributed by atoms with E-state index in [4.69, 9.17) is 32.7 Å². The van der Waals surface area contributed by atoms with Gasteiger partial charge >= 0.3 is 0 Å². The topological polar surface area (TPSA) is 105 Å². The fraction of sp³-hybridized carbons (Fsp3) is 0.333. The molecular formula is C30H35Cl2N3O6S. The van der Waals surface area contributed by atoms with Gasteiger partial charge in [0, 0.05) is 29.2 Å². The normalized spacial score (nSPS) is 11.9. The number of anilines is 1. The van der Waals surface area contributed by atoms with Gasteiger partial charge in [0.2, 0.25) is 11.8 Å². The number of amides is 2. The lowest BCUT2D eigenvalue weighted by Crippen LogP contribution is -2.51. The molecule has 3 rings (SSSR count). The first-order valence-corrected chi connectivity index (χ1v) is 15.5. The quantitative estimate of drug-likeness (QED) is 0.233. The maximum atomic E-state index is 14.1. The van der Waals surface area contributed by atoms with Crippen LogP contribution in [0.15, 0.2) is 71.6 Å². The molecule has 1 atom stereocenters. The number of nitrogens with zero attached hydrogens (tertiary/aromatic N) is 2. The summed E-state index contributed by atoms with van der Waals surface area (Å²) >= 11 is 12.5. The lowest BCUT2D eigenvalue weighted by molar-refractivity contribution is -0.139. The Balaban J connectivity index is 2.07. The zero-order valence-corrected chi connectivity index (χ0v) is 26.3. The van der Waals surface area contributed by atoms with Gasteiger partial charge in [0.25, 0.3) is 10.0 Å². The summed E-state index contributed by atoms with van der Waals surface area (Å²) < 4.78 is 39.6. The lowest BCUT2D eigenvalue weighted by Gasteiger charge is -2.32. The number of methoxy groups -OCH3 is 2. The number of hydrogen-bond donors (Lipinski definition) is 1. The molecule has 226 valence electrons. The predicted molar refractivity (Wildman–Crippen MR) is 165 cm³/mol. The summed E-state index contributed by atoms with van der Waals surface area (Å²) in [5.74, 6) is -0.316. The van der Waals surface area contributed by atoms with Crippen LogP contribution in [0.5, 0.6) is 11.5 Å². The highest BCUT2D eigenvalue weighted by atomic mass is 35.5. The van der Waals surface area contributed by atoms with E-state index in [1.54, 1.807) is 49.4 Å². The van der Waals surface area contributed by atoms with Crippen LogP contribution in [0.3, 0.4) is 0 Å². The van der Waals surface area contributed by atoms with Crippen LogP contribution in [0, 0.1) is 0 Å². The van der Waals surface area contributed by atoms with Crippen molar-refractivity contribution >= 4 is 50.7 Å². The molecule has 0 bridgehead atoms. The number of ether oxygens (including phenoxy) is 2. The summed E-state index contributed by atoms with van der Waals surface area (Å²) in [7, 11) is -1.34. The van der Waals surface area contributed by atoms with Crippen LogP contribution in [0.25, 0.3) is 0 Å². The summed E-state index contributed by atoms with van der Waals surface area (Å²) in [5, 5.41) is 3.58. The molecule has 0 aromatic heterocycles. The third kappa shape index (κ3) is 8.08. The summed E-state index contributed by atoms with van der Waals surface area (Å²) in [4.78, 5) is 28.5. The minimum atomic E-state index is -4.23. The zero-order valence-electron chi connectivity index (χ0n) is 24.0. The molecule has 1 N–H and O–H groups in total. The molecule has 0 fully saturated rings. The van der Waals surface area contributed by atoms with Gasteiger partial charge in [-0.25, -0.2) is 8.42 Å². The van der Waals surface area contributed by atoms with E-state index >= 15 is 0 Å². The van der Waals surface area contributed by atoms with Gasteiger partial charge < -0.3 is 19.7 Å². The highest BCUT2D eigenvalue weighted by Crippen LogP contribution is 2.34. The van der Waals surface area contributed by atoms with Crippen molar-refractivity contribution in [1.82, 2.24) is 10.2 Å². The van der Waals surface area contributed by atoms with Crippen molar-refractivity contribution in [1.29, 1.82) is 0 Å². The van der Waals surface area contributed by atoms with E-state index in [-0.39, 0.29) is 28.8 Å². The van der Waals surface area contributed by atoms with Crippen molar-refractivity contribution in [3.05, 3.63) is 82.3 Å². The molecule has 3 aromatic rings. The van der Waals surface area contributed by atoms with Crippen LogP contribution in [0.2, 0.25) is 10.0 Å². The van der Waals surface area contributed by atoms with E-state index in [2.05, 4.69) is 5.32 Å². The molecule has 2 amide bonds. The van der Waals surface area contributed by atoms with Crippen LogP contribution >= 0.6 is 23.2 Å². The first-order valence-electron chi connectivity index (χ1n) is 13.3. The Hall–Kier alpha value is -3.47. The number of halogens is 2. The molecule has 0 aliphatic rings. The Bertz CT molecular complexity index is 1490. The zero-order chi connectivity index (χ0) is 30.9. The van der Waals surface area contributed by atoms with Gasteiger partial charge in [0.1, 0.15) is 12.6 Å². The fourth-order valence-electron chi connectivity index (χ4n) is 4.18. The van der Waals surface area contributed by atoms with E-state index in [1.807, 2.05) is 6.92 Å². The third-order valence-electron chi connectivity index (χ3n) is 6.62. The molecule has 12 heteroatoms. The Kier molecular flexibility index (Phi) is 11.9. The van der Waals surface area contributed by atoms with E-state index < -0.39 is 28.5 Å². The number of nitrogens with one attached hydrogen (secondary N) is 1. The Morgan fingerprint density at radius 2 is 1.64 bits per heavy atom. The monoisotopic (exact) mass is 635 g/mol. The van der Waals surface area contributed by atoms with Crippen LogP contribution in [-0.4, -0.2) is 58.5 Å². The molecule has 0 heterocycles. The number of benzene rings is 3. The molecule has 0 saturated carbocycles. The number of carbonyl (C=O) groups excluding carboxylic acids is 2. The standard InChI is InChI=1S/C30H35Cl2N3O6S/c1-5-6-16-33-30(37)21(2)34(19-22-12-13-23(31)17-26(22)32)29(36)20-35(42(38,39)25-10-8-7-9-11-25)24-14-15-27(40-3)28(18-24)41-4/h7-15,17-18,21H,5-6,16,19-20H2,1-4H3,(H,33,37). The number of rotatable bonds is 14. The maximum absolute atomic E-state index is 14.1. The number of carbonyl (C=O) groups is 2. The van der Waals surface area contributed by atoms with Gasteiger partial charge in [-0.3, -0.25) is 13.9 Å². The van der Waals surface area contributed by atoms with Crippen molar-refractivity contribution in [3.8, 4) is 11.5 Å². The van der Waals surface area contributed by atoms with E-state index in [1.165, 1.54) is 43.4 Å². The van der Waals surface area contributed by atoms with Gasteiger partial charge in [0.05, 0.1) is 24.8 Å². The van der Waals surface area contributed by atoms with E-state index in [9.17, 15) is 18.0 Å². The predicted octanol–water partition coefficient (Wildman–Crippen LogP) is 5.54. The molecule has 0 radical (unpaired) electrons. The summed E-state index contributed by atoms with van der Waals surface area (Å²) in [6.45, 7) is 3.38. The smallest absolute Gasteiger partial charge is 0.264 e. The van der Waals surface area contributed by atoms with Crippen molar-refractivity contribution in [2.24, 2.45) is 0 Å². The van der Waals surface area contributed by atoms with E-state index in [0.717, 1.165) is 17.1 Å². The van der Waals surface area contributed by atoms with Gasteiger partial charge in [-0.15, -0.1) is 0 Å². The molecule has 0 aliphatic carbocycles. The first-order chi connectivity index (χ1) is 20.0. The number of hydrogen-bond acceptors (Lipinski definition) is 6. The van der Waals surface area contributed by atoms with Crippen LogP contribution in [-0.2, 0) is 26.2 Å². The Morgan fingerprint density at radius 3 is 2.26 bits per heavy atom. The van der Waals surface area contributed by atoms with Crippen molar-refractivity contribution in [3.63, 3.8) is 0 Å². The highest BCUT2D eigenvalue weighted by Gasteiger charge is 2.33. The second-order valence-electron chi connectivity index (χ2n) is 9.44. The third-order valence-corrected chi connectivity index (χ3v) is 8.99. The minimum Gasteiger partial charge on any atom is -0.493 e. The van der Waals surface area contributed by atoms with Crippen molar-refractivity contribution in [2.75, 3.05) is 31.6 Å². The summed E-state index contributed by atoms with van der Waals surface area (Å²) in [6, 6.07) is 16.2. The average molecular weight is 637 g/mol. The Morgan fingerprint density at radius 1 is 0.952 bits per heavy atom. The minimum absolute atomic E-state index is 0.00904. The van der Waals surface area contributed by atoms with Gasteiger partial charge in [-0.05, 0) is 55.3 Å². The van der Waals surface area contributed by atoms with E-state index in [0.29, 0.717) is 27.9 Å². The molecule has 0 saturated heterocycles. The van der Waals surface area contributed by atoms with Crippen LogP contribution in [0.4, 0.5) is 5.69 Å². The number of unbranched alkanes of at least 4 members (excludes halogenated alkanes) is 1. The van der Waals surface area contributed by atoms with Gasteiger partial charge in [-0.2, -0.15) is 0 Å². The lowest BCUT2D eigenvalue weighted by atomic mass is 10.1. The van der Waals surface area contributed by atoms with Gasteiger partial charge in [-0.1, -0.05) is 60.8 Å². The van der Waals surface area contributed by atoms with Crippen molar-refractivity contribution in [2.45, 2.75) is 44.2 Å². The SMILES string of the molecule is CCCCNC(=O)C(C)N(Cc1ccc(Cl)cc1Cl)C(=O)CN(c1ccc(OC)c(OC)c1)S(=O)(=O)c1ccccc1. The maximum Gasteiger partial charge on any atom is 0.264 e. The van der Waals surface area contributed by atoms with Crippen LogP contribution in [0.1, 0.15) is 32.3 Å². The number of sulfonamides is 1. The average Bonchev–Trinajstić information content (AvgIpc) is 2.99. The Labute approximate surface area is 257 Å². The second kappa shape index (κ2) is 15.1. The van der Waals surface area contributed by atoms with Crippen LogP contribution < -0.4 is 19.1 Å². The molecule has 42 heavy (non-hydrogen) atoms. The highest BCUT2D eigenvalue weighted by molar-refractivity contribution is 7.92. The summed E-state index contributed by atoms with van der Waals surface area (Å²) in [5.41, 5.74) is 0.723. The molecule has 1 unspecified atom stereocenters. The second-order valence-corrected chi connectivity index (χ2v) is 12.1. The van der Waals surface area contributed by atoms with Gasteiger partial charge in [0.15, 0.2) is 11.5 Å². The van der Waals surface area contributed by atoms with Crippen molar-refractivity contribution < 1.29 is 27.5 Å². The molecule has 0 aliphatic heterocycles. The first kappa shape index (κ1) is 33.0. The molecule has 9 nitrogen and oxygen atoms in total. The summed E-state index contributed by atoms with van der Waals surface area (Å²) in [6.07, 6.45) is 1.66. The molecule has 0 spiro atoms. The molecule has 3 aromatic carbocycles. The largest absolute Gasteiger partial charge is 0.493 e. The molecular weight excluding hydrogens is 601 g/mol. The fourth-order valence-corrected chi connectivity index (χ4v) is 6.08.